The van der Waals surface area contributed by atoms with Gasteiger partial charge in [-0.05, 0) is 29.5 Å². The van der Waals surface area contributed by atoms with Crippen LogP contribution < -0.4 is 10.3 Å². The van der Waals surface area contributed by atoms with E-state index < -0.39 is 0 Å². The van der Waals surface area contributed by atoms with Crippen molar-refractivity contribution in [2.24, 2.45) is 0 Å². The minimum atomic E-state index is 0.783. The highest BCUT2D eigenvalue weighted by Gasteiger charge is 2.02. The summed E-state index contributed by atoms with van der Waals surface area (Å²) < 4.78 is 0. The summed E-state index contributed by atoms with van der Waals surface area (Å²) >= 11 is 7.52. The number of hydrogen-bond acceptors (Lipinski definition) is 1. The summed E-state index contributed by atoms with van der Waals surface area (Å²) in [4.78, 5) is 3.08. The fourth-order valence-corrected chi connectivity index (χ4v) is 1.92. The number of hydrogen-bond donors (Lipinski definition) is 2. The van der Waals surface area contributed by atoms with Gasteiger partial charge in [-0.2, -0.15) is 0 Å². The van der Waals surface area contributed by atoms with Crippen molar-refractivity contribution >= 4 is 28.5 Å². The zero-order valence-corrected chi connectivity index (χ0v) is 9.88. The van der Waals surface area contributed by atoms with Crippen LogP contribution in [0.3, 0.4) is 0 Å². The number of nitrogens with one attached hydrogen (secondary N) is 2. The Bertz CT molecular complexity index is 308. The standard InChI is InChI=1S/C10H13ClN2S/c1-12-10(13-2)14-7-8-3-5-9(11)6-4-8/h3-6H,7H2,1-2H3,(H,12,13)/p+1. The van der Waals surface area contributed by atoms with E-state index in [1.165, 1.54) is 5.56 Å². The predicted molar refractivity (Wildman–Crippen MR) is 63.7 cm³/mol. The zero-order chi connectivity index (χ0) is 10.4. The van der Waals surface area contributed by atoms with E-state index in [0.717, 1.165) is 15.9 Å². The van der Waals surface area contributed by atoms with Crippen molar-refractivity contribution in [1.29, 1.82) is 0 Å². The monoisotopic (exact) mass is 229 g/mol. The fraction of sp³-hybridized carbons (Fsp3) is 0.300. The molecule has 1 aromatic rings. The van der Waals surface area contributed by atoms with Crippen LogP contribution in [0.5, 0.6) is 0 Å². The molecule has 14 heavy (non-hydrogen) atoms. The topological polar surface area (TPSA) is 26.0 Å². The summed E-state index contributed by atoms with van der Waals surface area (Å²) in [5, 5.41) is 4.93. The van der Waals surface area contributed by atoms with Gasteiger partial charge in [0.1, 0.15) is 0 Å². The van der Waals surface area contributed by atoms with Gasteiger partial charge in [-0.1, -0.05) is 23.7 Å². The molecule has 0 aliphatic carbocycles. The highest BCUT2D eigenvalue weighted by Crippen LogP contribution is 2.14. The van der Waals surface area contributed by atoms with Crippen molar-refractivity contribution < 1.29 is 4.99 Å². The maximum atomic E-state index is 5.79. The van der Waals surface area contributed by atoms with E-state index in [2.05, 4.69) is 10.3 Å². The van der Waals surface area contributed by atoms with Gasteiger partial charge in [-0.3, -0.25) is 10.3 Å². The van der Waals surface area contributed by atoms with Gasteiger partial charge in [0.15, 0.2) is 0 Å². The van der Waals surface area contributed by atoms with E-state index in [4.69, 9.17) is 11.6 Å². The van der Waals surface area contributed by atoms with Gasteiger partial charge in [0.25, 0.3) is 0 Å². The first-order valence-corrected chi connectivity index (χ1v) is 5.72. The van der Waals surface area contributed by atoms with Crippen LogP contribution >= 0.6 is 23.4 Å². The van der Waals surface area contributed by atoms with E-state index in [1.807, 2.05) is 38.4 Å². The minimum absolute atomic E-state index is 0.783. The molecule has 0 radical (unpaired) electrons. The largest absolute Gasteiger partial charge is 0.303 e. The molecule has 76 valence electrons. The summed E-state index contributed by atoms with van der Waals surface area (Å²) in [6.07, 6.45) is 0. The average molecular weight is 230 g/mol. The lowest BCUT2D eigenvalue weighted by Crippen LogP contribution is -2.70. The van der Waals surface area contributed by atoms with Gasteiger partial charge in [-0.25, -0.2) is 0 Å². The molecule has 0 saturated heterocycles. The van der Waals surface area contributed by atoms with Crippen LogP contribution in [-0.4, -0.2) is 19.3 Å². The second-order valence-electron chi connectivity index (χ2n) is 2.74. The van der Waals surface area contributed by atoms with Crippen molar-refractivity contribution in [3.63, 3.8) is 0 Å². The summed E-state index contributed by atoms with van der Waals surface area (Å²) in [5.41, 5.74) is 1.27. The quantitative estimate of drug-likeness (QED) is 0.581. The number of benzene rings is 1. The average Bonchev–Trinajstić information content (AvgIpc) is 2.22. The van der Waals surface area contributed by atoms with E-state index >= 15 is 0 Å². The van der Waals surface area contributed by atoms with Gasteiger partial charge >= 0.3 is 5.17 Å². The van der Waals surface area contributed by atoms with Gasteiger partial charge < -0.3 is 0 Å². The number of halogens is 1. The third kappa shape index (κ3) is 3.60. The van der Waals surface area contributed by atoms with Crippen LogP contribution in [0.4, 0.5) is 0 Å². The lowest BCUT2D eigenvalue weighted by molar-refractivity contribution is -0.418. The van der Waals surface area contributed by atoms with Gasteiger partial charge in [0.05, 0.1) is 14.1 Å². The molecule has 0 aliphatic rings. The highest BCUT2D eigenvalue weighted by molar-refractivity contribution is 8.12. The first kappa shape index (κ1) is 11.4. The third-order valence-corrected chi connectivity index (χ3v) is 3.18. The predicted octanol–water partition coefficient (Wildman–Crippen LogP) is 0.859. The van der Waals surface area contributed by atoms with Crippen LogP contribution in [0, 0.1) is 0 Å². The minimum Gasteiger partial charge on any atom is -0.272 e. The Hall–Kier alpha value is -0.670. The second kappa shape index (κ2) is 5.94. The zero-order valence-electron chi connectivity index (χ0n) is 8.30. The van der Waals surface area contributed by atoms with Crippen molar-refractivity contribution in [3.8, 4) is 0 Å². The van der Waals surface area contributed by atoms with Crippen LogP contribution in [-0.2, 0) is 5.75 Å². The molecular weight excluding hydrogens is 216 g/mol. The molecule has 2 N–H and O–H groups in total. The summed E-state index contributed by atoms with van der Waals surface area (Å²) in [6, 6.07) is 7.91. The first-order chi connectivity index (χ1) is 6.76. The second-order valence-corrected chi connectivity index (χ2v) is 4.17. The Morgan fingerprint density at radius 3 is 2.57 bits per heavy atom. The normalized spacial score (nSPS) is 11.5. The van der Waals surface area contributed by atoms with E-state index in [9.17, 15) is 0 Å². The summed E-state index contributed by atoms with van der Waals surface area (Å²) in [7, 11) is 3.81. The lowest BCUT2D eigenvalue weighted by atomic mass is 10.2. The molecule has 0 bridgehead atoms. The molecule has 0 amide bonds. The number of thioether (sulfide) groups is 1. The summed E-state index contributed by atoms with van der Waals surface area (Å²) in [5.74, 6) is 0.939. The van der Waals surface area contributed by atoms with Gasteiger partial charge in [0.2, 0.25) is 0 Å². The SMILES string of the molecule is CNC(=[NH+]C)SCc1ccc(Cl)cc1. The highest BCUT2D eigenvalue weighted by atomic mass is 35.5. The third-order valence-electron chi connectivity index (χ3n) is 1.75. The van der Waals surface area contributed by atoms with Gasteiger partial charge in [-0.15, -0.1) is 0 Å². The van der Waals surface area contributed by atoms with E-state index in [1.54, 1.807) is 11.8 Å². The Morgan fingerprint density at radius 2 is 2.07 bits per heavy atom. The Kier molecular flexibility index (Phi) is 4.84. The van der Waals surface area contributed by atoms with Crippen molar-refractivity contribution in [3.05, 3.63) is 34.9 Å². The molecule has 0 aliphatic heterocycles. The molecule has 2 nitrogen and oxygen atoms in total. The Morgan fingerprint density at radius 1 is 1.43 bits per heavy atom. The molecular formula is C10H14ClN2S+. The molecule has 0 saturated carbocycles. The smallest absolute Gasteiger partial charge is 0.272 e. The summed E-state index contributed by atoms with van der Waals surface area (Å²) in [6.45, 7) is 0. The Balaban J connectivity index is 2.49. The first-order valence-electron chi connectivity index (χ1n) is 4.36. The van der Waals surface area contributed by atoms with E-state index in [-0.39, 0.29) is 0 Å². The number of rotatable bonds is 2. The maximum Gasteiger partial charge on any atom is 0.303 e. The lowest BCUT2D eigenvalue weighted by Gasteiger charge is -1.99. The van der Waals surface area contributed by atoms with Crippen LogP contribution in [0.15, 0.2) is 24.3 Å². The van der Waals surface area contributed by atoms with Gasteiger partial charge in [0, 0.05) is 10.8 Å². The molecule has 1 aromatic carbocycles. The molecule has 4 heteroatoms. The van der Waals surface area contributed by atoms with Crippen LogP contribution in [0.25, 0.3) is 0 Å². The number of amidine groups is 1. The maximum absolute atomic E-state index is 5.79. The van der Waals surface area contributed by atoms with E-state index in [0.29, 0.717) is 0 Å². The molecule has 0 atom stereocenters. The molecule has 0 spiro atoms. The van der Waals surface area contributed by atoms with Crippen molar-refractivity contribution in [1.82, 2.24) is 5.32 Å². The molecule has 0 unspecified atom stereocenters. The molecule has 0 fully saturated rings. The van der Waals surface area contributed by atoms with Crippen molar-refractivity contribution in [2.75, 3.05) is 14.1 Å². The Labute approximate surface area is 93.8 Å². The van der Waals surface area contributed by atoms with Crippen LogP contribution in [0.2, 0.25) is 5.02 Å². The van der Waals surface area contributed by atoms with Crippen molar-refractivity contribution in [2.45, 2.75) is 5.75 Å². The fourth-order valence-electron chi connectivity index (χ4n) is 1.01. The molecule has 0 aromatic heterocycles. The molecule has 0 heterocycles. The van der Waals surface area contributed by atoms with Crippen LogP contribution in [0.1, 0.15) is 5.56 Å². The molecule has 1 rings (SSSR count).